The van der Waals surface area contributed by atoms with E-state index in [9.17, 15) is 29.1 Å². The lowest BCUT2D eigenvalue weighted by Crippen LogP contribution is -2.56. The van der Waals surface area contributed by atoms with Crippen molar-refractivity contribution in [3.05, 3.63) is 101 Å². The van der Waals surface area contributed by atoms with Gasteiger partial charge >= 0.3 is 0 Å². The molecule has 0 saturated carbocycles. The van der Waals surface area contributed by atoms with Crippen molar-refractivity contribution in [2.24, 2.45) is 11.5 Å². The van der Waals surface area contributed by atoms with E-state index in [-0.39, 0.29) is 37.5 Å². The van der Waals surface area contributed by atoms with Crippen molar-refractivity contribution < 1.29 is 29.1 Å². The number of fused-ring (bicyclic) bond motifs is 3. The number of imide groups is 1. The van der Waals surface area contributed by atoms with Gasteiger partial charge in [0.05, 0.1) is 18.6 Å². The van der Waals surface area contributed by atoms with Crippen LogP contribution in [0.15, 0.2) is 78.9 Å². The second-order valence-electron chi connectivity index (χ2n) is 13.0. The van der Waals surface area contributed by atoms with Crippen LogP contribution in [0, 0.1) is 0 Å². The molecule has 13 nitrogen and oxygen atoms in total. The van der Waals surface area contributed by atoms with Gasteiger partial charge in [-0.05, 0) is 60.6 Å². The molecule has 0 spiro atoms. The molecule has 1 saturated heterocycles. The number of nitrogens with one attached hydrogen (secondary N) is 3. The number of aromatic amines is 1. The van der Waals surface area contributed by atoms with Crippen molar-refractivity contribution in [3.63, 3.8) is 0 Å². The Balaban J connectivity index is 1.16. The summed E-state index contributed by atoms with van der Waals surface area (Å²) >= 11 is 0. The summed E-state index contributed by atoms with van der Waals surface area (Å²) in [7, 11) is 0. The highest BCUT2D eigenvalue weighted by atomic mass is 16.3. The number of benzene rings is 3. The molecule has 8 N–H and O–H groups in total. The number of aromatic hydroxyl groups is 1. The van der Waals surface area contributed by atoms with E-state index in [0.29, 0.717) is 25.1 Å². The quantitative estimate of drug-likeness (QED) is 0.142. The standard InChI is InChI=1S/C37H41N7O6/c38-27(17-22-7-2-1-3-8-22)34(47)42-33(46)21-43-20-31-26(25-9-4-5-10-29(25)40-31)19-30(37(43)50)41-35(48)32-11-6-16-44(32)36(49)28(39)18-23-12-14-24(45)15-13-23/h1-5,7-10,12-15,27-28,30,32,40,45H,6,11,16-21,38-39H2,(H,41,48)(H,42,46,47)/t27-,28-,30-,32-/m0/s1. The van der Waals surface area contributed by atoms with E-state index in [1.807, 2.05) is 54.6 Å². The monoisotopic (exact) mass is 679 g/mol. The molecule has 13 heteroatoms. The van der Waals surface area contributed by atoms with Crippen molar-refractivity contribution in [1.29, 1.82) is 0 Å². The summed E-state index contributed by atoms with van der Waals surface area (Å²) in [5.74, 6) is -2.62. The number of nitrogens with two attached hydrogens (primary N) is 2. The molecule has 4 aromatic rings. The van der Waals surface area contributed by atoms with Crippen LogP contribution < -0.4 is 22.1 Å². The Morgan fingerprint density at radius 3 is 2.34 bits per heavy atom. The summed E-state index contributed by atoms with van der Waals surface area (Å²) in [6.07, 6.45) is 1.61. The summed E-state index contributed by atoms with van der Waals surface area (Å²) in [4.78, 5) is 73.4. The topological polar surface area (TPSA) is 204 Å². The summed E-state index contributed by atoms with van der Waals surface area (Å²) in [6.45, 7) is -0.0465. The molecule has 0 bridgehead atoms. The molecule has 50 heavy (non-hydrogen) atoms. The Labute approximate surface area is 289 Å². The molecule has 1 fully saturated rings. The number of carbonyl (C=O) groups is 5. The first-order chi connectivity index (χ1) is 24.1. The fourth-order valence-corrected chi connectivity index (χ4v) is 6.81. The third-order valence-electron chi connectivity index (χ3n) is 9.37. The number of H-pyrrole nitrogens is 1. The smallest absolute Gasteiger partial charge is 0.246 e. The summed E-state index contributed by atoms with van der Waals surface area (Å²) in [6, 6.07) is 19.5. The number of hydrogen-bond acceptors (Lipinski definition) is 8. The van der Waals surface area contributed by atoms with E-state index in [2.05, 4.69) is 15.6 Å². The Kier molecular flexibility index (Phi) is 10.3. The molecule has 2 aliphatic rings. The number of para-hydroxylation sites is 1. The van der Waals surface area contributed by atoms with E-state index in [0.717, 1.165) is 27.6 Å². The Bertz CT molecular complexity index is 1890. The average molecular weight is 680 g/mol. The fourth-order valence-electron chi connectivity index (χ4n) is 6.81. The van der Waals surface area contributed by atoms with Crippen molar-refractivity contribution >= 4 is 40.4 Å². The van der Waals surface area contributed by atoms with Gasteiger partial charge in [-0.1, -0.05) is 60.7 Å². The Hall–Kier alpha value is -5.53. The van der Waals surface area contributed by atoms with Crippen LogP contribution in [-0.2, 0) is 49.8 Å². The third kappa shape index (κ3) is 7.69. The van der Waals surface area contributed by atoms with Gasteiger partial charge in [-0.15, -0.1) is 0 Å². The first kappa shape index (κ1) is 34.3. The predicted molar refractivity (Wildman–Crippen MR) is 185 cm³/mol. The zero-order valence-electron chi connectivity index (χ0n) is 27.5. The number of aromatic nitrogens is 1. The zero-order chi connectivity index (χ0) is 35.4. The fraction of sp³-hybridized carbons (Fsp3) is 0.324. The molecule has 260 valence electrons. The van der Waals surface area contributed by atoms with Gasteiger partial charge in [0.2, 0.25) is 29.5 Å². The molecule has 0 radical (unpaired) electrons. The summed E-state index contributed by atoms with van der Waals surface area (Å²) in [5, 5.41) is 15.7. The van der Waals surface area contributed by atoms with Crippen LogP contribution in [-0.4, -0.2) is 86.7 Å². The first-order valence-electron chi connectivity index (χ1n) is 16.7. The van der Waals surface area contributed by atoms with Gasteiger partial charge in [0, 0.05) is 29.6 Å². The minimum absolute atomic E-state index is 0.0487. The van der Waals surface area contributed by atoms with E-state index in [4.69, 9.17) is 11.5 Å². The van der Waals surface area contributed by atoms with E-state index >= 15 is 0 Å². The molecule has 0 unspecified atom stereocenters. The van der Waals surface area contributed by atoms with Gasteiger partial charge in [0.25, 0.3) is 0 Å². The van der Waals surface area contributed by atoms with Gasteiger partial charge < -0.3 is 36.7 Å². The molecular formula is C37H41N7O6. The Morgan fingerprint density at radius 2 is 1.58 bits per heavy atom. The van der Waals surface area contributed by atoms with Crippen LogP contribution in [0.25, 0.3) is 10.9 Å². The van der Waals surface area contributed by atoms with E-state index < -0.39 is 54.3 Å². The largest absolute Gasteiger partial charge is 0.508 e. The van der Waals surface area contributed by atoms with Crippen molar-refractivity contribution in [1.82, 2.24) is 25.4 Å². The number of phenols is 1. The molecule has 1 aromatic heterocycles. The normalized spacial score (nSPS) is 18.6. The number of phenolic OH excluding ortho intramolecular Hbond substituents is 1. The predicted octanol–water partition coefficient (Wildman–Crippen LogP) is 1.02. The maximum Gasteiger partial charge on any atom is 0.246 e. The van der Waals surface area contributed by atoms with Crippen molar-refractivity contribution in [2.75, 3.05) is 13.1 Å². The van der Waals surface area contributed by atoms with Crippen molar-refractivity contribution in [3.8, 4) is 5.75 Å². The van der Waals surface area contributed by atoms with E-state index in [1.165, 1.54) is 21.9 Å². The highest BCUT2D eigenvalue weighted by Crippen LogP contribution is 2.28. The van der Waals surface area contributed by atoms with Crippen LogP contribution in [0.5, 0.6) is 5.75 Å². The van der Waals surface area contributed by atoms with Crippen LogP contribution in [0.2, 0.25) is 0 Å². The Morgan fingerprint density at radius 1 is 0.900 bits per heavy atom. The van der Waals surface area contributed by atoms with Crippen LogP contribution in [0.1, 0.15) is 35.2 Å². The van der Waals surface area contributed by atoms with Gasteiger partial charge in [-0.3, -0.25) is 29.3 Å². The molecule has 0 aliphatic carbocycles. The van der Waals surface area contributed by atoms with E-state index in [1.54, 1.807) is 12.1 Å². The number of carbonyl (C=O) groups excluding carboxylic acids is 5. The molecule has 5 amide bonds. The second kappa shape index (κ2) is 14.9. The van der Waals surface area contributed by atoms with Gasteiger partial charge in [0.15, 0.2) is 0 Å². The molecule has 2 aliphatic heterocycles. The molecular weight excluding hydrogens is 638 g/mol. The van der Waals surface area contributed by atoms with Crippen molar-refractivity contribution in [2.45, 2.75) is 62.8 Å². The summed E-state index contributed by atoms with van der Waals surface area (Å²) < 4.78 is 0. The highest BCUT2D eigenvalue weighted by molar-refractivity contribution is 6.01. The number of nitrogens with zero attached hydrogens (tertiary/aromatic N) is 2. The summed E-state index contributed by atoms with van der Waals surface area (Å²) in [5.41, 5.74) is 16.4. The maximum absolute atomic E-state index is 14.0. The lowest BCUT2D eigenvalue weighted by atomic mass is 10.0. The third-order valence-corrected chi connectivity index (χ3v) is 9.37. The lowest BCUT2D eigenvalue weighted by Gasteiger charge is -2.29. The second-order valence-corrected chi connectivity index (χ2v) is 13.0. The molecule has 3 heterocycles. The number of amides is 5. The molecule has 4 atom stereocenters. The van der Waals surface area contributed by atoms with Gasteiger partial charge in [-0.25, -0.2) is 0 Å². The van der Waals surface area contributed by atoms with Gasteiger partial charge in [0.1, 0.15) is 24.4 Å². The SMILES string of the molecule is N[C@@H](Cc1ccccc1)C(=O)NC(=O)CN1Cc2[nH]c3ccccc3c2C[C@H](NC(=O)[C@@H]2CCCN2C(=O)[C@@H](N)Cc2ccc(O)cc2)C1=O. The molecule has 3 aromatic carbocycles. The maximum atomic E-state index is 14.0. The first-order valence-corrected chi connectivity index (χ1v) is 16.7. The van der Waals surface area contributed by atoms with Crippen LogP contribution in [0.3, 0.4) is 0 Å². The number of rotatable bonds is 10. The number of likely N-dealkylation sites (tertiary alicyclic amines) is 1. The lowest BCUT2D eigenvalue weighted by molar-refractivity contribution is -0.143. The molecule has 6 rings (SSSR count). The van der Waals surface area contributed by atoms with Crippen LogP contribution >= 0.6 is 0 Å². The van der Waals surface area contributed by atoms with Gasteiger partial charge in [-0.2, -0.15) is 0 Å². The van der Waals surface area contributed by atoms with Crippen LogP contribution in [0.4, 0.5) is 0 Å². The minimum Gasteiger partial charge on any atom is -0.508 e. The highest BCUT2D eigenvalue weighted by Gasteiger charge is 2.40. The zero-order valence-corrected chi connectivity index (χ0v) is 27.5. The minimum atomic E-state index is -1.05. The average Bonchev–Trinajstić information content (AvgIpc) is 3.71. The number of hydrogen-bond donors (Lipinski definition) is 6.